The Morgan fingerprint density at radius 1 is 1.64 bits per heavy atom. The predicted octanol–water partition coefficient (Wildman–Crippen LogP) is 1.27. The van der Waals surface area contributed by atoms with E-state index in [0.29, 0.717) is 11.3 Å². The van der Waals surface area contributed by atoms with Gasteiger partial charge in [0.1, 0.15) is 11.9 Å². The highest BCUT2D eigenvalue weighted by atomic mass is 19.1. The van der Waals surface area contributed by atoms with E-state index in [9.17, 15) is 9.18 Å². The minimum absolute atomic E-state index is 0.244. The highest BCUT2D eigenvalue weighted by molar-refractivity contribution is 5.82. The first-order chi connectivity index (χ1) is 6.61. The Morgan fingerprint density at radius 3 is 2.93 bits per heavy atom. The number of anilines is 1. The van der Waals surface area contributed by atoms with Crippen molar-refractivity contribution >= 4 is 11.7 Å². The molecular weight excluding hydrogens is 185 g/mol. The van der Waals surface area contributed by atoms with Gasteiger partial charge in [-0.1, -0.05) is 6.07 Å². The maximum Gasteiger partial charge on any atom is 0.326 e. The summed E-state index contributed by atoms with van der Waals surface area (Å²) in [5.74, 6) is -1.23. The molecule has 0 radical (unpaired) electrons. The van der Waals surface area contributed by atoms with Gasteiger partial charge in [0.25, 0.3) is 0 Å². The molecule has 0 amide bonds. The van der Waals surface area contributed by atoms with Crippen LogP contribution in [0.25, 0.3) is 0 Å². The van der Waals surface area contributed by atoms with Crippen LogP contribution in [0.5, 0.6) is 0 Å². The van der Waals surface area contributed by atoms with Crippen LogP contribution in [0.15, 0.2) is 18.2 Å². The number of carbonyl (C=O) groups is 1. The van der Waals surface area contributed by atoms with E-state index in [1.54, 1.807) is 24.1 Å². The lowest BCUT2D eigenvalue weighted by Crippen LogP contribution is -2.35. The zero-order valence-corrected chi connectivity index (χ0v) is 7.70. The van der Waals surface area contributed by atoms with Crippen LogP contribution in [0.1, 0.15) is 5.56 Å². The summed E-state index contributed by atoms with van der Waals surface area (Å²) in [6.07, 6.45) is 0.244. The fourth-order valence-electron chi connectivity index (χ4n) is 1.83. The van der Waals surface area contributed by atoms with Gasteiger partial charge >= 0.3 is 5.97 Å². The standard InChI is InChI=1S/C10H10FNO2/c1-12-8-4-2-3-7(11)6(8)5-9(12)10(13)14/h2-4,9H,5H2,1H3,(H,13,14). The van der Waals surface area contributed by atoms with E-state index < -0.39 is 12.0 Å². The summed E-state index contributed by atoms with van der Waals surface area (Å²) in [7, 11) is 1.67. The smallest absolute Gasteiger partial charge is 0.326 e. The van der Waals surface area contributed by atoms with Crippen molar-refractivity contribution in [2.75, 3.05) is 11.9 Å². The van der Waals surface area contributed by atoms with Crippen LogP contribution < -0.4 is 4.90 Å². The van der Waals surface area contributed by atoms with Gasteiger partial charge in [-0.15, -0.1) is 0 Å². The third kappa shape index (κ3) is 1.14. The normalized spacial score (nSPS) is 19.6. The van der Waals surface area contributed by atoms with Gasteiger partial charge in [-0.25, -0.2) is 9.18 Å². The van der Waals surface area contributed by atoms with Gasteiger partial charge in [0.2, 0.25) is 0 Å². The SMILES string of the molecule is CN1c2cccc(F)c2CC1C(=O)O. The maximum atomic E-state index is 13.3. The third-order valence-electron chi connectivity index (χ3n) is 2.62. The fraction of sp³-hybridized carbons (Fsp3) is 0.300. The van der Waals surface area contributed by atoms with Crippen LogP contribution in [-0.4, -0.2) is 24.2 Å². The quantitative estimate of drug-likeness (QED) is 0.733. The maximum absolute atomic E-state index is 13.3. The van der Waals surface area contributed by atoms with E-state index in [4.69, 9.17) is 5.11 Å². The summed E-state index contributed by atoms with van der Waals surface area (Å²) in [5.41, 5.74) is 1.18. The average molecular weight is 195 g/mol. The summed E-state index contributed by atoms with van der Waals surface area (Å²) in [5, 5.41) is 8.88. The van der Waals surface area contributed by atoms with Gasteiger partial charge in [-0.05, 0) is 12.1 Å². The van der Waals surface area contributed by atoms with Crippen molar-refractivity contribution in [2.24, 2.45) is 0 Å². The molecule has 0 bridgehead atoms. The van der Waals surface area contributed by atoms with Gasteiger partial charge in [-0.3, -0.25) is 0 Å². The topological polar surface area (TPSA) is 40.5 Å². The summed E-state index contributed by atoms with van der Waals surface area (Å²) >= 11 is 0. The lowest BCUT2D eigenvalue weighted by atomic mass is 10.1. The monoisotopic (exact) mass is 195 g/mol. The largest absolute Gasteiger partial charge is 0.480 e. The molecule has 1 N–H and O–H groups in total. The molecule has 1 atom stereocenters. The molecule has 1 aliphatic rings. The summed E-state index contributed by atoms with van der Waals surface area (Å²) in [4.78, 5) is 12.4. The van der Waals surface area contributed by atoms with Gasteiger partial charge in [-0.2, -0.15) is 0 Å². The Bertz CT molecular complexity index is 392. The highest BCUT2D eigenvalue weighted by Gasteiger charge is 2.33. The second-order valence-electron chi connectivity index (χ2n) is 3.41. The lowest BCUT2D eigenvalue weighted by molar-refractivity contribution is -0.138. The molecule has 1 aliphatic heterocycles. The van der Waals surface area contributed by atoms with Crippen LogP contribution in [-0.2, 0) is 11.2 Å². The van der Waals surface area contributed by atoms with Crippen molar-refractivity contribution in [1.29, 1.82) is 0 Å². The van der Waals surface area contributed by atoms with Crippen molar-refractivity contribution in [3.63, 3.8) is 0 Å². The molecule has 1 unspecified atom stereocenters. The van der Waals surface area contributed by atoms with E-state index in [1.165, 1.54) is 6.07 Å². The van der Waals surface area contributed by atoms with Crippen molar-refractivity contribution in [3.8, 4) is 0 Å². The predicted molar refractivity (Wildman–Crippen MR) is 49.9 cm³/mol. The fourth-order valence-corrected chi connectivity index (χ4v) is 1.83. The Balaban J connectivity index is 2.45. The van der Waals surface area contributed by atoms with Crippen LogP contribution in [0, 0.1) is 5.82 Å². The number of fused-ring (bicyclic) bond motifs is 1. The van der Waals surface area contributed by atoms with Crippen LogP contribution in [0.2, 0.25) is 0 Å². The minimum Gasteiger partial charge on any atom is -0.480 e. The zero-order chi connectivity index (χ0) is 10.3. The van der Waals surface area contributed by atoms with E-state index in [-0.39, 0.29) is 12.2 Å². The highest BCUT2D eigenvalue weighted by Crippen LogP contribution is 2.32. The molecule has 3 nitrogen and oxygen atoms in total. The van der Waals surface area contributed by atoms with Crippen molar-refractivity contribution < 1.29 is 14.3 Å². The van der Waals surface area contributed by atoms with Gasteiger partial charge < -0.3 is 10.0 Å². The van der Waals surface area contributed by atoms with Crippen molar-refractivity contribution in [2.45, 2.75) is 12.5 Å². The molecule has 0 aliphatic carbocycles. The number of carboxylic acid groups (broad SMARTS) is 1. The first kappa shape index (κ1) is 8.99. The zero-order valence-electron chi connectivity index (χ0n) is 7.70. The molecule has 0 saturated carbocycles. The molecule has 4 heteroatoms. The Morgan fingerprint density at radius 2 is 2.36 bits per heavy atom. The number of benzene rings is 1. The number of carboxylic acids is 1. The van der Waals surface area contributed by atoms with E-state index in [1.807, 2.05) is 0 Å². The summed E-state index contributed by atoms with van der Waals surface area (Å²) in [6, 6.07) is 4.05. The Labute approximate surface area is 80.8 Å². The third-order valence-corrected chi connectivity index (χ3v) is 2.62. The second-order valence-corrected chi connectivity index (χ2v) is 3.41. The van der Waals surface area contributed by atoms with Crippen molar-refractivity contribution in [1.82, 2.24) is 0 Å². The number of halogens is 1. The first-order valence-corrected chi connectivity index (χ1v) is 4.34. The Hall–Kier alpha value is -1.58. The van der Waals surface area contributed by atoms with Crippen molar-refractivity contribution in [3.05, 3.63) is 29.6 Å². The van der Waals surface area contributed by atoms with Gasteiger partial charge in [0.15, 0.2) is 0 Å². The van der Waals surface area contributed by atoms with Gasteiger partial charge in [0, 0.05) is 24.7 Å². The summed E-state index contributed by atoms with van der Waals surface area (Å²) < 4.78 is 13.3. The molecule has 74 valence electrons. The number of nitrogens with zero attached hydrogens (tertiary/aromatic N) is 1. The second kappa shape index (κ2) is 2.97. The number of likely N-dealkylation sites (N-methyl/N-ethyl adjacent to an activating group) is 1. The molecule has 0 saturated heterocycles. The number of rotatable bonds is 1. The molecule has 14 heavy (non-hydrogen) atoms. The molecule has 1 aromatic rings. The molecule has 0 aromatic heterocycles. The minimum atomic E-state index is -0.914. The number of aliphatic carboxylic acids is 1. The number of hydrogen-bond donors (Lipinski definition) is 1. The van der Waals surface area contributed by atoms with Gasteiger partial charge in [0.05, 0.1) is 0 Å². The Kier molecular flexibility index (Phi) is 1.91. The van der Waals surface area contributed by atoms with E-state index in [0.717, 1.165) is 0 Å². The molecule has 2 rings (SSSR count). The van der Waals surface area contributed by atoms with E-state index >= 15 is 0 Å². The van der Waals surface area contributed by atoms with Crippen LogP contribution >= 0.6 is 0 Å². The van der Waals surface area contributed by atoms with E-state index in [2.05, 4.69) is 0 Å². The van der Waals surface area contributed by atoms with Crippen LogP contribution in [0.4, 0.5) is 10.1 Å². The first-order valence-electron chi connectivity index (χ1n) is 4.34. The molecule has 1 heterocycles. The molecule has 0 fully saturated rings. The summed E-state index contributed by atoms with van der Waals surface area (Å²) in [6.45, 7) is 0. The average Bonchev–Trinajstić information content (AvgIpc) is 2.46. The number of hydrogen-bond acceptors (Lipinski definition) is 2. The molecule has 0 spiro atoms. The lowest BCUT2D eigenvalue weighted by Gasteiger charge is -2.18. The molecular formula is C10H10FNO2. The molecule has 1 aromatic carbocycles. The van der Waals surface area contributed by atoms with Crippen LogP contribution in [0.3, 0.4) is 0 Å².